The summed E-state index contributed by atoms with van der Waals surface area (Å²) in [7, 11) is 0. The van der Waals surface area contributed by atoms with Crippen LogP contribution >= 0.6 is 0 Å². The second kappa shape index (κ2) is 10.4. The van der Waals surface area contributed by atoms with Crippen molar-refractivity contribution in [2.45, 2.75) is 57.6 Å². The van der Waals surface area contributed by atoms with Crippen LogP contribution in [0.2, 0.25) is 0 Å². The van der Waals surface area contributed by atoms with Crippen LogP contribution in [0, 0.1) is 11.3 Å². The van der Waals surface area contributed by atoms with E-state index in [1.807, 2.05) is 18.2 Å². The van der Waals surface area contributed by atoms with E-state index in [4.69, 9.17) is 14.7 Å². The summed E-state index contributed by atoms with van der Waals surface area (Å²) in [6, 6.07) is 9.36. The molecule has 0 unspecified atom stereocenters. The lowest BCUT2D eigenvalue weighted by atomic mass is 9.92. The monoisotopic (exact) mass is 394 g/mol. The summed E-state index contributed by atoms with van der Waals surface area (Å²) in [5, 5.41) is 12.2. The molecule has 7 heteroatoms. The fourth-order valence-electron chi connectivity index (χ4n) is 3.28. The van der Waals surface area contributed by atoms with E-state index in [-0.39, 0.29) is 29.6 Å². The molecule has 152 valence electrons. The van der Waals surface area contributed by atoms with Gasteiger partial charge >= 0.3 is 0 Å². The molecule has 0 bridgehead atoms. The third-order valence-corrected chi connectivity index (χ3v) is 4.94. The summed E-state index contributed by atoms with van der Waals surface area (Å²) in [4.78, 5) is 20.6. The number of carbonyl (C=O) groups excluding carboxylic acids is 1. The van der Waals surface area contributed by atoms with Crippen molar-refractivity contribution in [3.05, 3.63) is 47.9 Å². The molecule has 7 nitrogen and oxygen atoms in total. The Morgan fingerprint density at radius 3 is 2.59 bits per heavy atom. The van der Waals surface area contributed by atoms with E-state index in [9.17, 15) is 4.79 Å². The van der Waals surface area contributed by atoms with E-state index in [1.165, 1.54) is 12.4 Å². The van der Waals surface area contributed by atoms with Crippen molar-refractivity contribution in [3.63, 3.8) is 0 Å². The molecule has 1 fully saturated rings. The minimum Gasteiger partial charge on any atom is -0.494 e. The van der Waals surface area contributed by atoms with Crippen LogP contribution in [-0.2, 0) is 0 Å². The molecule has 2 aromatic rings. The molecule has 0 radical (unpaired) electrons. The van der Waals surface area contributed by atoms with Crippen LogP contribution in [0.5, 0.6) is 11.6 Å². The number of nitrogens with zero attached hydrogens (tertiary/aromatic N) is 3. The van der Waals surface area contributed by atoms with Gasteiger partial charge in [-0.3, -0.25) is 4.79 Å². The van der Waals surface area contributed by atoms with Crippen LogP contribution in [0.25, 0.3) is 0 Å². The predicted molar refractivity (Wildman–Crippen MR) is 108 cm³/mol. The van der Waals surface area contributed by atoms with Crippen LogP contribution in [0.3, 0.4) is 0 Å². The second-order valence-corrected chi connectivity index (χ2v) is 7.11. The summed E-state index contributed by atoms with van der Waals surface area (Å²) in [5.41, 5.74) is 0.828. The van der Waals surface area contributed by atoms with E-state index >= 15 is 0 Å². The molecule has 1 aromatic heterocycles. The zero-order valence-electron chi connectivity index (χ0n) is 16.6. The molecule has 1 aliphatic rings. The molecule has 29 heavy (non-hydrogen) atoms. The van der Waals surface area contributed by atoms with Gasteiger partial charge in [-0.1, -0.05) is 13.3 Å². The third-order valence-electron chi connectivity index (χ3n) is 4.94. The van der Waals surface area contributed by atoms with Crippen molar-refractivity contribution in [1.82, 2.24) is 15.3 Å². The Hall–Kier alpha value is -3.14. The third kappa shape index (κ3) is 5.92. The average molecular weight is 394 g/mol. The summed E-state index contributed by atoms with van der Waals surface area (Å²) in [5.74, 6) is 0.993. The maximum absolute atomic E-state index is 12.5. The van der Waals surface area contributed by atoms with Gasteiger partial charge in [0.25, 0.3) is 11.8 Å². The Balaban J connectivity index is 1.45. The van der Waals surface area contributed by atoms with Crippen LogP contribution in [0.1, 0.15) is 61.5 Å². The molecule has 1 heterocycles. The Morgan fingerprint density at radius 1 is 1.17 bits per heavy atom. The standard InChI is InChI=1S/C22H26N4O3/c1-2-3-14-28-18-8-4-16(5-9-18)21(27)26-17-6-10-19(11-7-17)29-22-20(15-23)24-12-13-25-22/h4-5,8-9,12-13,17,19H,2-3,6-7,10-11,14H2,1H3,(H,26,27). The van der Waals surface area contributed by atoms with Gasteiger partial charge in [0.05, 0.1) is 6.61 Å². The first-order chi connectivity index (χ1) is 14.2. The number of unbranched alkanes of at least 4 members (excludes halogenated alkanes) is 1. The highest BCUT2D eigenvalue weighted by atomic mass is 16.5. The van der Waals surface area contributed by atoms with Gasteiger partial charge in [-0.25, -0.2) is 9.97 Å². The first kappa shape index (κ1) is 20.6. The molecule has 0 spiro atoms. The van der Waals surface area contributed by atoms with Crippen molar-refractivity contribution >= 4 is 5.91 Å². The molecule has 0 saturated heterocycles. The molecular formula is C22H26N4O3. The van der Waals surface area contributed by atoms with Gasteiger partial charge in [-0.05, 0) is 56.4 Å². The largest absolute Gasteiger partial charge is 0.494 e. The van der Waals surface area contributed by atoms with E-state index in [2.05, 4.69) is 22.2 Å². The van der Waals surface area contributed by atoms with Gasteiger partial charge in [-0.2, -0.15) is 5.26 Å². The molecule has 1 amide bonds. The number of amides is 1. The Morgan fingerprint density at radius 2 is 1.90 bits per heavy atom. The number of rotatable bonds is 8. The van der Waals surface area contributed by atoms with Crippen molar-refractivity contribution in [1.29, 1.82) is 5.26 Å². The number of aromatic nitrogens is 2. The predicted octanol–water partition coefficient (Wildman–Crippen LogP) is 3.65. The highest BCUT2D eigenvalue weighted by Gasteiger charge is 2.25. The lowest BCUT2D eigenvalue weighted by Crippen LogP contribution is -2.39. The summed E-state index contributed by atoms with van der Waals surface area (Å²) in [6.07, 6.45) is 8.28. The molecule has 1 aliphatic carbocycles. The number of nitrogens with one attached hydrogen (secondary N) is 1. The van der Waals surface area contributed by atoms with Gasteiger partial charge in [0.1, 0.15) is 17.9 Å². The summed E-state index contributed by atoms with van der Waals surface area (Å²) < 4.78 is 11.5. The van der Waals surface area contributed by atoms with E-state index in [1.54, 1.807) is 12.1 Å². The lowest BCUT2D eigenvalue weighted by Gasteiger charge is -2.29. The minimum absolute atomic E-state index is 0.0218. The minimum atomic E-state index is -0.0739. The van der Waals surface area contributed by atoms with Gasteiger partial charge in [-0.15, -0.1) is 0 Å². The average Bonchev–Trinajstić information content (AvgIpc) is 2.76. The molecule has 0 aliphatic heterocycles. The number of ether oxygens (including phenoxy) is 2. The highest BCUT2D eigenvalue weighted by molar-refractivity contribution is 5.94. The topological polar surface area (TPSA) is 97.1 Å². The molecule has 3 rings (SSSR count). The number of benzene rings is 1. The fraction of sp³-hybridized carbons (Fsp3) is 0.455. The smallest absolute Gasteiger partial charge is 0.251 e. The Labute approximate surface area is 171 Å². The van der Waals surface area contributed by atoms with Crippen LogP contribution in [0.15, 0.2) is 36.7 Å². The van der Waals surface area contributed by atoms with Gasteiger partial charge in [0.15, 0.2) is 0 Å². The lowest BCUT2D eigenvalue weighted by molar-refractivity contribution is 0.0889. The number of nitriles is 1. The zero-order chi connectivity index (χ0) is 20.5. The SMILES string of the molecule is CCCCOc1ccc(C(=O)NC2CCC(Oc3nccnc3C#N)CC2)cc1. The zero-order valence-corrected chi connectivity index (χ0v) is 16.6. The molecule has 1 aromatic carbocycles. The Bertz CT molecular complexity index is 840. The quantitative estimate of drug-likeness (QED) is 0.687. The first-order valence-corrected chi connectivity index (χ1v) is 10.1. The number of hydrogen-bond acceptors (Lipinski definition) is 6. The van der Waals surface area contributed by atoms with Crippen LogP contribution in [-0.4, -0.2) is 34.6 Å². The van der Waals surface area contributed by atoms with Gasteiger partial charge in [0.2, 0.25) is 5.69 Å². The van der Waals surface area contributed by atoms with Gasteiger partial charge in [0, 0.05) is 24.0 Å². The van der Waals surface area contributed by atoms with Crippen molar-refractivity contribution in [2.75, 3.05) is 6.61 Å². The van der Waals surface area contributed by atoms with E-state index in [0.29, 0.717) is 12.2 Å². The maximum Gasteiger partial charge on any atom is 0.251 e. The highest BCUT2D eigenvalue weighted by Crippen LogP contribution is 2.24. The first-order valence-electron chi connectivity index (χ1n) is 10.1. The summed E-state index contributed by atoms with van der Waals surface area (Å²) >= 11 is 0. The maximum atomic E-state index is 12.5. The molecule has 1 N–H and O–H groups in total. The van der Waals surface area contributed by atoms with Gasteiger partial charge < -0.3 is 14.8 Å². The van der Waals surface area contributed by atoms with E-state index < -0.39 is 0 Å². The van der Waals surface area contributed by atoms with Crippen LogP contribution in [0.4, 0.5) is 0 Å². The molecular weight excluding hydrogens is 368 g/mol. The van der Waals surface area contributed by atoms with Crippen LogP contribution < -0.4 is 14.8 Å². The summed E-state index contributed by atoms with van der Waals surface area (Å²) in [6.45, 7) is 2.81. The van der Waals surface area contributed by atoms with Crippen molar-refractivity contribution in [3.8, 4) is 17.7 Å². The fourth-order valence-corrected chi connectivity index (χ4v) is 3.28. The number of carbonyl (C=O) groups is 1. The normalized spacial score (nSPS) is 18.5. The molecule has 1 saturated carbocycles. The second-order valence-electron chi connectivity index (χ2n) is 7.11. The van der Waals surface area contributed by atoms with Crippen molar-refractivity contribution < 1.29 is 14.3 Å². The Kier molecular flexibility index (Phi) is 7.40. The van der Waals surface area contributed by atoms with Crippen molar-refractivity contribution in [2.24, 2.45) is 0 Å². The number of hydrogen-bond donors (Lipinski definition) is 1. The van der Waals surface area contributed by atoms with E-state index in [0.717, 1.165) is 44.3 Å². The molecule has 0 atom stereocenters.